The molecule has 0 unspecified atom stereocenters. The molecule has 0 bridgehead atoms. The molecule has 0 saturated heterocycles. The SMILES string of the molecule is C=N/C(C)=N\[N+](=C\C)CC. The maximum atomic E-state index is 4.10. The molecule has 0 fully saturated rings. The van der Waals surface area contributed by atoms with E-state index >= 15 is 0 Å². The highest BCUT2D eigenvalue weighted by molar-refractivity contribution is 5.83. The first-order chi connectivity index (χ1) is 4.74. The molecule has 0 aliphatic rings. The zero-order chi connectivity index (χ0) is 7.98. The van der Waals surface area contributed by atoms with E-state index in [4.69, 9.17) is 0 Å². The van der Waals surface area contributed by atoms with Gasteiger partial charge in [-0.25, -0.2) is 4.99 Å². The van der Waals surface area contributed by atoms with Gasteiger partial charge in [-0.05, 0) is 13.6 Å². The van der Waals surface area contributed by atoms with Crippen molar-refractivity contribution in [1.29, 1.82) is 0 Å². The third-order valence-corrected chi connectivity index (χ3v) is 1.12. The lowest BCUT2D eigenvalue weighted by Crippen LogP contribution is -2.05. The molecule has 0 atom stereocenters. The minimum atomic E-state index is 0.694. The summed E-state index contributed by atoms with van der Waals surface area (Å²) in [4.78, 5) is 3.66. The first-order valence-electron chi connectivity index (χ1n) is 3.32. The Morgan fingerprint density at radius 1 is 1.70 bits per heavy atom. The van der Waals surface area contributed by atoms with Crippen molar-refractivity contribution in [2.45, 2.75) is 20.8 Å². The van der Waals surface area contributed by atoms with E-state index in [0.717, 1.165) is 6.54 Å². The average Bonchev–Trinajstić information content (AvgIpc) is 1.99. The van der Waals surface area contributed by atoms with Crippen LogP contribution in [0.2, 0.25) is 0 Å². The number of hydrogen-bond acceptors (Lipinski definition) is 1. The molecule has 3 nitrogen and oxygen atoms in total. The Morgan fingerprint density at radius 2 is 2.30 bits per heavy atom. The number of aliphatic imine (C=N–C) groups is 1. The molecule has 56 valence electrons. The fourth-order valence-electron chi connectivity index (χ4n) is 0.529. The second-order valence-electron chi connectivity index (χ2n) is 1.82. The van der Waals surface area contributed by atoms with Gasteiger partial charge in [0.1, 0.15) is 0 Å². The third kappa shape index (κ3) is 3.12. The number of nitrogens with zero attached hydrogens (tertiary/aromatic N) is 3. The quantitative estimate of drug-likeness (QED) is 0.238. The molecule has 0 aliphatic heterocycles. The highest BCUT2D eigenvalue weighted by Gasteiger charge is 1.94. The molecule has 0 heterocycles. The van der Waals surface area contributed by atoms with E-state index in [1.807, 2.05) is 31.7 Å². The van der Waals surface area contributed by atoms with Crippen molar-refractivity contribution in [1.82, 2.24) is 0 Å². The number of hydrogen-bond donors (Lipinski definition) is 0. The molecular formula is C7H14N3+. The Bertz CT molecular complexity index is 168. The maximum Gasteiger partial charge on any atom is 0.192 e. The van der Waals surface area contributed by atoms with Gasteiger partial charge < -0.3 is 0 Å². The van der Waals surface area contributed by atoms with Crippen LogP contribution in [-0.4, -0.2) is 30.0 Å². The summed E-state index contributed by atoms with van der Waals surface area (Å²) in [5, 5.41) is 4.10. The summed E-state index contributed by atoms with van der Waals surface area (Å²) < 4.78 is 1.81. The Hall–Kier alpha value is -0.990. The van der Waals surface area contributed by atoms with Crippen molar-refractivity contribution in [3.63, 3.8) is 0 Å². The van der Waals surface area contributed by atoms with Gasteiger partial charge in [-0.15, -0.1) is 0 Å². The largest absolute Gasteiger partial charge is 0.244 e. The molecule has 0 aromatic rings. The Morgan fingerprint density at radius 3 is 2.60 bits per heavy atom. The molecule has 0 radical (unpaired) electrons. The van der Waals surface area contributed by atoms with Gasteiger partial charge in [0.15, 0.2) is 18.6 Å². The van der Waals surface area contributed by atoms with Gasteiger partial charge in [0, 0.05) is 18.9 Å². The second kappa shape index (κ2) is 4.85. The molecular weight excluding hydrogens is 126 g/mol. The van der Waals surface area contributed by atoms with E-state index in [1.165, 1.54) is 0 Å². The maximum absolute atomic E-state index is 4.10. The van der Waals surface area contributed by atoms with Crippen LogP contribution in [0.25, 0.3) is 0 Å². The smallest absolute Gasteiger partial charge is 0.192 e. The zero-order valence-electron chi connectivity index (χ0n) is 6.83. The minimum absolute atomic E-state index is 0.694. The van der Waals surface area contributed by atoms with Crippen molar-refractivity contribution in [2.75, 3.05) is 6.54 Å². The Labute approximate surface area is 61.8 Å². The highest BCUT2D eigenvalue weighted by atomic mass is 15.4. The van der Waals surface area contributed by atoms with E-state index < -0.39 is 0 Å². The lowest BCUT2D eigenvalue weighted by atomic mass is 10.7. The van der Waals surface area contributed by atoms with Crippen LogP contribution >= 0.6 is 0 Å². The highest BCUT2D eigenvalue weighted by Crippen LogP contribution is 1.80. The summed E-state index contributed by atoms with van der Waals surface area (Å²) in [5.74, 6) is 0.694. The van der Waals surface area contributed by atoms with Gasteiger partial charge in [0.25, 0.3) is 0 Å². The van der Waals surface area contributed by atoms with E-state index in [9.17, 15) is 0 Å². The van der Waals surface area contributed by atoms with Gasteiger partial charge in [0.2, 0.25) is 0 Å². The molecule has 0 rings (SSSR count). The summed E-state index contributed by atoms with van der Waals surface area (Å²) in [7, 11) is 0. The van der Waals surface area contributed by atoms with Crippen molar-refractivity contribution in [2.24, 2.45) is 10.1 Å². The summed E-state index contributed by atoms with van der Waals surface area (Å²) >= 11 is 0. The molecule has 0 aromatic heterocycles. The van der Waals surface area contributed by atoms with Crippen molar-refractivity contribution in [3.05, 3.63) is 0 Å². The molecule has 0 saturated carbocycles. The molecule has 0 aliphatic carbocycles. The summed E-state index contributed by atoms with van der Waals surface area (Å²) in [5.41, 5.74) is 0. The van der Waals surface area contributed by atoms with E-state index in [1.54, 1.807) is 0 Å². The van der Waals surface area contributed by atoms with Crippen LogP contribution in [0.15, 0.2) is 10.1 Å². The normalized spacial score (nSPS) is 13.5. The van der Waals surface area contributed by atoms with E-state index in [2.05, 4.69) is 16.8 Å². The van der Waals surface area contributed by atoms with Crippen LogP contribution in [0.1, 0.15) is 20.8 Å². The number of hydrazone groups is 1. The van der Waals surface area contributed by atoms with E-state index in [0.29, 0.717) is 5.84 Å². The molecule has 0 amide bonds. The molecule has 3 heteroatoms. The minimum Gasteiger partial charge on any atom is -0.244 e. The van der Waals surface area contributed by atoms with Crippen LogP contribution < -0.4 is 0 Å². The van der Waals surface area contributed by atoms with Crippen LogP contribution in [0.3, 0.4) is 0 Å². The standard InChI is InChI=1S/C7H14N3/c1-5-10(6-2)9-7(3)8-4/h5H,4,6H2,1-3H3/q+1/b9-7-,10-5+. The van der Waals surface area contributed by atoms with Gasteiger partial charge in [0.05, 0.1) is 0 Å². The van der Waals surface area contributed by atoms with Crippen LogP contribution in [-0.2, 0) is 0 Å². The molecule has 0 spiro atoms. The molecule has 0 N–H and O–H groups in total. The number of amidine groups is 1. The predicted molar refractivity (Wildman–Crippen MR) is 45.2 cm³/mol. The summed E-state index contributed by atoms with van der Waals surface area (Å²) in [6, 6.07) is 0. The fraction of sp³-hybridized carbons (Fsp3) is 0.571. The fourth-order valence-corrected chi connectivity index (χ4v) is 0.529. The van der Waals surface area contributed by atoms with Gasteiger partial charge >= 0.3 is 0 Å². The second-order valence-corrected chi connectivity index (χ2v) is 1.82. The van der Waals surface area contributed by atoms with Crippen molar-refractivity contribution in [3.8, 4) is 0 Å². The summed E-state index contributed by atoms with van der Waals surface area (Å²) in [6.45, 7) is 10.0. The zero-order valence-corrected chi connectivity index (χ0v) is 6.83. The molecule has 0 aromatic carbocycles. The van der Waals surface area contributed by atoms with Gasteiger partial charge in [-0.2, -0.15) is 0 Å². The monoisotopic (exact) mass is 140 g/mol. The summed E-state index contributed by atoms with van der Waals surface area (Å²) in [6.07, 6.45) is 1.90. The Kier molecular flexibility index (Phi) is 4.37. The predicted octanol–water partition coefficient (Wildman–Crippen LogP) is 1.14. The van der Waals surface area contributed by atoms with Crippen molar-refractivity contribution < 1.29 is 4.68 Å². The van der Waals surface area contributed by atoms with E-state index in [-0.39, 0.29) is 0 Å². The Balaban J connectivity index is 4.22. The van der Waals surface area contributed by atoms with Crippen LogP contribution in [0.5, 0.6) is 0 Å². The topological polar surface area (TPSA) is 27.7 Å². The number of rotatable bonds is 2. The third-order valence-electron chi connectivity index (χ3n) is 1.12. The lowest BCUT2D eigenvalue weighted by molar-refractivity contribution is -0.525. The van der Waals surface area contributed by atoms with Crippen LogP contribution in [0.4, 0.5) is 0 Å². The first kappa shape index (κ1) is 9.01. The van der Waals surface area contributed by atoms with Crippen molar-refractivity contribution >= 4 is 18.8 Å². The average molecular weight is 140 g/mol. The first-order valence-corrected chi connectivity index (χ1v) is 3.32. The van der Waals surface area contributed by atoms with Gasteiger partial charge in [-0.3, -0.25) is 0 Å². The van der Waals surface area contributed by atoms with Crippen LogP contribution in [0, 0.1) is 0 Å². The molecule has 10 heavy (non-hydrogen) atoms. The lowest BCUT2D eigenvalue weighted by Gasteiger charge is -1.87. The van der Waals surface area contributed by atoms with Gasteiger partial charge in [-0.1, -0.05) is 4.68 Å².